The van der Waals surface area contributed by atoms with Crippen LogP contribution in [0.15, 0.2) is 48.5 Å². The van der Waals surface area contributed by atoms with Crippen molar-refractivity contribution in [1.82, 2.24) is 4.98 Å². The van der Waals surface area contributed by atoms with E-state index in [4.69, 9.17) is 16.3 Å². The standard InChI is InChI=1S/C23H19ClFN3O3.ClH/c1-12-4-6-14(9-15(12)22(29)30)31-23-26-19-10-16(17(24)11-20(19)27-23)13-5-7-21(28(2)3)18(25)8-13;/h4-11H,1-3H3,(H,26,27)(H,29,30);1H. The van der Waals surface area contributed by atoms with Gasteiger partial charge >= 0.3 is 12.0 Å². The van der Waals surface area contributed by atoms with Crippen LogP contribution in [0.2, 0.25) is 5.02 Å². The Morgan fingerprint density at radius 3 is 2.56 bits per heavy atom. The van der Waals surface area contributed by atoms with Crippen molar-refractivity contribution in [3.05, 3.63) is 70.5 Å². The van der Waals surface area contributed by atoms with E-state index in [9.17, 15) is 14.3 Å². The molecule has 4 aromatic rings. The number of aromatic nitrogens is 2. The van der Waals surface area contributed by atoms with Crippen molar-refractivity contribution in [2.24, 2.45) is 0 Å². The van der Waals surface area contributed by atoms with E-state index in [1.807, 2.05) is 12.1 Å². The highest BCUT2D eigenvalue weighted by Crippen LogP contribution is 2.33. The summed E-state index contributed by atoms with van der Waals surface area (Å²) < 4.78 is 20.2. The Hall–Kier alpha value is -3.29. The van der Waals surface area contributed by atoms with E-state index in [1.54, 1.807) is 50.2 Å². The second-order valence-electron chi connectivity index (χ2n) is 7.40. The molecule has 0 atom stereocenters. The molecule has 0 aliphatic carbocycles. The van der Waals surface area contributed by atoms with Crippen molar-refractivity contribution in [2.45, 2.75) is 6.92 Å². The zero-order chi connectivity index (χ0) is 22.3. The number of aryl methyl sites for hydroxylation is 1. The second kappa shape index (κ2) is 9.06. The van der Waals surface area contributed by atoms with Gasteiger partial charge in [-0.05, 0) is 48.4 Å². The largest absolute Gasteiger partial charge is 1.00 e. The number of fused-ring (bicyclic) bond motifs is 1. The fourth-order valence-corrected chi connectivity index (χ4v) is 3.65. The molecule has 0 spiro atoms. The summed E-state index contributed by atoms with van der Waals surface area (Å²) in [7, 11) is 3.56. The van der Waals surface area contributed by atoms with Crippen LogP contribution in [0, 0.1) is 12.7 Å². The number of nitrogens with one attached hydrogen (secondary N) is 2. The number of ether oxygens (including phenoxy) is 1. The molecule has 4 rings (SSSR count). The van der Waals surface area contributed by atoms with Crippen LogP contribution in [0.1, 0.15) is 15.9 Å². The molecule has 9 heteroatoms. The number of nitrogens with zero attached hydrogens (tertiary/aromatic N) is 1. The first-order chi connectivity index (χ1) is 14.7. The maximum Gasteiger partial charge on any atom is 0.458 e. The Morgan fingerprint density at radius 1 is 1.16 bits per heavy atom. The van der Waals surface area contributed by atoms with Crippen LogP contribution in [0.5, 0.6) is 11.8 Å². The van der Waals surface area contributed by atoms with Gasteiger partial charge in [0.1, 0.15) is 11.6 Å². The number of aromatic carboxylic acids is 1. The van der Waals surface area contributed by atoms with Gasteiger partial charge in [0.25, 0.3) is 0 Å². The predicted molar refractivity (Wildman–Crippen MR) is 118 cm³/mol. The molecule has 0 aliphatic rings. The van der Waals surface area contributed by atoms with Crippen LogP contribution in [0.4, 0.5) is 10.1 Å². The molecule has 0 amide bonds. The van der Waals surface area contributed by atoms with Gasteiger partial charge in [0, 0.05) is 25.7 Å². The fourth-order valence-electron chi connectivity index (χ4n) is 3.38. The molecule has 0 bridgehead atoms. The number of anilines is 1. The summed E-state index contributed by atoms with van der Waals surface area (Å²) >= 11 is 6.46. The van der Waals surface area contributed by atoms with Gasteiger partial charge in [0.2, 0.25) is 0 Å². The zero-order valence-electron chi connectivity index (χ0n) is 17.5. The SMILES string of the molecule is Cc1ccc(Oc2[nH]c3cc(Cl)c(-c4ccc(N(C)C)c(F)c4)cc3[nH+]2)cc1C(=O)O.[Cl-]. The number of halogens is 3. The topological polar surface area (TPSA) is 79.7 Å². The van der Waals surface area contributed by atoms with Crippen LogP contribution < -0.4 is 27.0 Å². The Morgan fingerprint density at radius 2 is 1.91 bits per heavy atom. The van der Waals surface area contributed by atoms with Crippen LogP contribution in [0.25, 0.3) is 22.2 Å². The third kappa shape index (κ3) is 4.49. The minimum absolute atomic E-state index is 0. The number of carboxylic acid groups (broad SMARTS) is 1. The molecule has 32 heavy (non-hydrogen) atoms. The van der Waals surface area contributed by atoms with Crippen molar-refractivity contribution in [2.75, 3.05) is 19.0 Å². The van der Waals surface area contributed by atoms with Crippen molar-refractivity contribution in [1.29, 1.82) is 0 Å². The summed E-state index contributed by atoms with van der Waals surface area (Å²) in [6, 6.07) is 13.7. The lowest BCUT2D eigenvalue weighted by Gasteiger charge is -2.14. The number of rotatable bonds is 5. The monoisotopic (exact) mass is 475 g/mol. The van der Waals surface area contributed by atoms with E-state index in [1.165, 1.54) is 12.1 Å². The van der Waals surface area contributed by atoms with Crippen molar-refractivity contribution in [3.8, 4) is 22.9 Å². The van der Waals surface area contributed by atoms with Crippen LogP contribution in [-0.2, 0) is 0 Å². The first-order valence-electron chi connectivity index (χ1n) is 9.46. The quantitative estimate of drug-likeness (QED) is 0.464. The molecule has 0 saturated carbocycles. The molecule has 0 unspecified atom stereocenters. The van der Waals surface area contributed by atoms with E-state index in [0.717, 1.165) is 0 Å². The minimum atomic E-state index is -1.02. The maximum absolute atomic E-state index is 14.4. The molecule has 6 nitrogen and oxygen atoms in total. The number of H-pyrrole nitrogens is 2. The lowest BCUT2D eigenvalue weighted by molar-refractivity contribution is -0.359. The van der Waals surface area contributed by atoms with Crippen LogP contribution in [0.3, 0.4) is 0 Å². The molecular formula is C23H20Cl2FN3O3. The molecule has 3 N–H and O–H groups in total. The van der Waals surface area contributed by atoms with E-state index in [0.29, 0.717) is 50.2 Å². The van der Waals surface area contributed by atoms with Crippen LogP contribution in [-0.4, -0.2) is 30.2 Å². The van der Waals surface area contributed by atoms with Crippen molar-refractivity contribution >= 4 is 34.3 Å². The molecule has 0 saturated heterocycles. The van der Waals surface area contributed by atoms with Gasteiger partial charge in [-0.25, -0.2) is 19.2 Å². The number of imidazole rings is 1. The van der Waals surface area contributed by atoms with E-state index >= 15 is 0 Å². The summed E-state index contributed by atoms with van der Waals surface area (Å²) in [5.74, 6) is -0.986. The predicted octanol–water partition coefficient (Wildman–Crippen LogP) is 2.31. The molecule has 0 fully saturated rings. The molecular weight excluding hydrogens is 456 g/mol. The number of carboxylic acids is 1. The molecule has 3 aromatic carbocycles. The Bertz CT molecular complexity index is 1320. The van der Waals surface area contributed by atoms with E-state index in [-0.39, 0.29) is 23.8 Å². The Balaban J connectivity index is 0.00000289. The number of carbonyl (C=O) groups is 1. The Labute approximate surface area is 195 Å². The first kappa shape index (κ1) is 23.4. The normalized spacial score (nSPS) is 10.7. The average molecular weight is 476 g/mol. The first-order valence-corrected chi connectivity index (χ1v) is 9.84. The lowest BCUT2D eigenvalue weighted by atomic mass is 10.0. The summed E-state index contributed by atoms with van der Waals surface area (Å²) in [6.07, 6.45) is 0. The van der Waals surface area contributed by atoms with Crippen molar-refractivity contribution < 1.29 is 36.4 Å². The molecule has 0 aliphatic heterocycles. The minimum Gasteiger partial charge on any atom is -1.00 e. The number of hydrogen-bond acceptors (Lipinski definition) is 3. The molecule has 1 heterocycles. The van der Waals surface area contributed by atoms with Gasteiger partial charge in [0.05, 0.1) is 16.3 Å². The summed E-state index contributed by atoms with van der Waals surface area (Å²) in [5.41, 5.74) is 4.02. The number of aromatic amines is 2. The average Bonchev–Trinajstić information content (AvgIpc) is 3.09. The fraction of sp³-hybridized carbons (Fsp3) is 0.130. The Kier molecular flexibility index (Phi) is 6.62. The highest BCUT2D eigenvalue weighted by Gasteiger charge is 2.18. The van der Waals surface area contributed by atoms with Crippen LogP contribution >= 0.6 is 11.6 Å². The lowest BCUT2D eigenvalue weighted by Crippen LogP contribution is -3.00. The number of hydrogen-bond donors (Lipinski definition) is 2. The van der Waals surface area contributed by atoms with Gasteiger partial charge in [-0.15, -0.1) is 0 Å². The van der Waals surface area contributed by atoms with Gasteiger partial charge < -0.3 is 27.2 Å². The summed E-state index contributed by atoms with van der Waals surface area (Å²) in [6.45, 7) is 1.72. The van der Waals surface area contributed by atoms with Gasteiger partial charge in [-0.1, -0.05) is 23.7 Å². The van der Waals surface area contributed by atoms with Crippen molar-refractivity contribution in [3.63, 3.8) is 0 Å². The molecule has 0 radical (unpaired) electrons. The smallest absolute Gasteiger partial charge is 0.458 e. The third-order valence-electron chi connectivity index (χ3n) is 5.00. The zero-order valence-corrected chi connectivity index (χ0v) is 19.0. The number of benzene rings is 3. The highest BCUT2D eigenvalue weighted by molar-refractivity contribution is 6.34. The van der Waals surface area contributed by atoms with Gasteiger partial charge in [-0.3, -0.25) is 0 Å². The highest BCUT2D eigenvalue weighted by atomic mass is 35.5. The van der Waals surface area contributed by atoms with E-state index in [2.05, 4.69) is 9.97 Å². The summed E-state index contributed by atoms with van der Waals surface area (Å²) in [4.78, 5) is 19.2. The summed E-state index contributed by atoms with van der Waals surface area (Å²) in [5, 5.41) is 9.75. The second-order valence-corrected chi connectivity index (χ2v) is 7.81. The van der Waals surface area contributed by atoms with E-state index < -0.39 is 5.97 Å². The molecule has 166 valence electrons. The van der Waals surface area contributed by atoms with Gasteiger partial charge in [-0.2, -0.15) is 0 Å². The molecule has 1 aromatic heterocycles. The maximum atomic E-state index is 14.4. The van der Waals surface area contributed by atoms with Gasteiger partial charge in [0.15, 0.2) is 11.0 Å². The third-order valence-corrected chi connectivity index (χ3v) is 5.32.